The fourth-order valence-corrected chi connectivity index (χ4v) is 5.78. The third-order valence-corrected chi connectivity index (χ3v) is 7.86. The number of hydrogen-bond acceptors (Lipinski definition) is 7. The lowest BCUT2D eigenvalue weighted by Crippen LogP contribution is -2.34. The summed E-state index contributed by atoms with van der Waals surface area (Å²) in [6.07, 6.45) is 6.73. The molecule has 8 nitrogen and oxygen atoms in total. The highest BCUT2D eigenvalue weighted by atomic mass is 19.1. The molecule has 41 heavy (non-hydrogen) atoms. The van der Waals surface area contributed by atoms with Crippen LogP contribution in [0.25, 0.3) is 0 Å². The number of unbranched alkanes of at least 4 members (excludes halogenated alkanes) is 2. The van der Waals surface area contributed by atoms with E-state index < -0.39 is 17.8 Å². The summed E-state index contributed by atoms with van der Waals surface area (Å²) in [6.45, 7) is 10.6. The van der Waals surface area contributed by atoms with Crippen molar-refractivity contribution in [3.8, 4) is 11.5 Å². The van der Waals surface area contributed by atoms with Gasteiger partial charge in [0, 0.05) is 49.1 Å². The third kappa shape index (κ3) is 7.89. The Morgan fingerprint density at radius 2 is 2.00 bits per heavy atom. The van der Waals surface area contributed by atoms with Gasteiger partial charge in [0.1, 0.15) is 17.6 Å². The lowest BCUT2D eigenvalue weighted by Gasteiger charge is -2.27. The smallest absolute Gasteiger partial charge is 0.325 e. The number of hydrogen-bond donors (Lipinski definition) is 2. The molecule has 0 aliphatic carbocycles. The molecule has 4 rings (SSSR count). The zero-order valence-corrected chi connectivity index (χ0v) is 25.2. The number of carbonyl (C=O) groups is 1. The molecule has 2 N–H and O–H groups in total. The molecular formula is C32H46FN3O5. The number of methoxy groups -OCH3 is 1. The molecule has 226 valence electrons. The van der Waals surface area contributed by atoms with Crippen molar-refractivity contribution in [1.82, 2.24) is 9.88 Å². The predicted molar refractivity (Wildman–Crippen MR) is 158 cm³/mol. The lowest BCUT2D eigenvalue weighted by atomic mass is 9.95. The molecule has 9 heteroatoms. The Labute approximate surface area is 243 Å². The van der Waals surface area contributed by atoms with Crippen LogP contribution in [-0.2, 0) is 22.4 Å². The highest BCUT2D eigenvalue weighted by Crippen LogP contribution is 2.37. The maximum absolute atomic E-state index is 14.8. The van der Waals surface area contributed by atoms with Crippen LogP contribution in [0.3, 0.4) is 0 Å². The van der Waals surface area contributed by atoms with Gasteiger partial charge in [-0.25, -0.2) is 9.37 Å². The number of pyridine rings is 1. The van der Waals surface area contributed by atoms with E-state index in [2.05, 4.69) is 25.2 Å². The lowest BCUT2D eigenvalue weighted by molar-refractivity contribution is -0.143. The second-order valence-electron chi connectivity index (χ2n) is 11.7. The van der Waals surface area contributed by atoms with Gasteiger partial charge in [-0.3, -0.25) is 9.69 Å². The van der Waals surface area contributed by atoms with Gasteiger partial charge in [-0.15, -0.1) is 0 Å². The minimum absolute atomic E-state index is 0.00162. The Balaban J connectivity index is 1.27. The Hall–Kier alpha value is -2.91. The van der Waals surface area contributed by atoms with Crippen molar-refractivity contribution in [2.45, 2.75) is 96.8 Å². The maximum Gasteiger partial charge on any atom is 0.325 e. The van der Waals surface area contributed by atoms with Crippen molar-refractivity contribution in [3.05, 3.63) is 46.4 Å². The van der Waals surface area contributed by atoms with Gasteiger partial charge in [0.15, 0.2) is 11.6 Å². The molecule has 2 atom stereocenters. The third-order valence-electron chi connectivity index (χ3n) is 7.86. The van der Waals surface area contributed by atoms with Crippen LogP contribution in [0.1, 0.15) is 94.1 Å². The number of aliphatic carboxylic acids is 1. The number of carboxylic acids is 1. The van der Waals surface area contributed by atoms with Gasteiger partial charge in [0.05, 0.1) is 19.3 Å². The van der Waals surface area contributed by atoms with Crippen LogP contribution in [0.5, 0.6) is 11.5 Å². The van der Waals surface area contributed by atoms with Crippen molar-refractivity contribution >= 4 is 11.8 Å². The number of nitrogens with zero attached hydrogens (tertiary/aromatic N) is 2. The minimum Gasteiger partial charge on any atom is -0.493 e. The molecule has 0 saturated carbocycles. The standard InChI is InChI=1S/C32H46FN3O5/c1-20(2)22-16-26(30(39-5)27(33)17-22)29(32(37)38)36-14-12-24(19-36)40-15-8-6-7-10-23-18-28(41-21(3)4)25-11-9-13-34-31(25)35-23/h16-18,20-21,24,29H,6-15,19H2,1-5H3,(H,34,35)(H,37,38)/t24-,29+/m1/s1. The molecule has 1 aromatic carbocycles. The van der Waals surface area contributed by atoms with Gasteiger partial charge < -0.3 is 24.6 Å². The topological polar surface area (TPSA) is 93.2 Å². The molecule has 0 spiro atoms. The molecule has 0 radical (unpaired) electrons. The van der Waals surface area contributed by atoms with Gasteiger partial charge in [-0.2, -0.15) is 0 Å². The zero-order valence-electron chi connectivity index (χ0n) is 25.2. The molecule has 1 fully saturated rings. The predicted octanol–water partition coefficient (Wildman–Crippen LogP) is 6.13. The van der Waals surface area contributed by atoms with Crippen molar-refractivity contribution in [3.63, 3.8) is 0 Å². The van der Waals surface area contributed by atoms with Crippen LogP contribution >= 0.6 is 0 Å². The first-order valence-electron chi connectivity index (χ1n) is 15.1. The first-order valence-corrected chi connectivity index (χ1v) is 15.1. The molecule has 1 saturated heterocycles. The fourth-order valence-electron chi connectivity index (χ4n) is 5.78. The number of fused-ring (bicyclic) bond motifs is 1. The Morgan fingerprint density at radius 3 is 2.71 bits per heavy atom. The zero-order chi connectivity index (χ0) is 29.5. The number of rotatable bonds is 14. The summed E-state index contributed by atoms with van der Waals surface area (Å²) in [5.41, 5.74) is 3.35. The van der Waals surface area contributed by atoms with Crippen LogP contribution < -0.4 is 14.8 Å². The van der Waals surface area contributed by atoms with E-state index in [1.54, 1.807) is 6.07 Å². The van der Waals surface area contributed by atoms with Crippen molar-refractivity contribution in [2.75, 3.05) is 38.7 Å². The highest BCUT2D eigenvalue weighted by Gasteiger charge is 2.36. The monoisotopic (exact) mass is 571 g/mol. The number of anilines is 1. The first-order chi connectivity index (χ1) is 19.7. The van der Waals surface area contributed by atoms with Gasteiger partial charge in [0.2, 0.25) is 0 Å². The normalized spacial score (nSPS) is 17.9. The molecule has 1 aromatic heterocycles. The average Bonchev–Trinajstić information content (AvgIpc) is 3.38. The van der Waals surface area contributed by atoms with Crippen LogP contribution in [0, 0.1) is 5.82 Å². The molecule has 2 aliphatic rings. The summed E-state index contributed by atoms with van der Waals surface area (Å²) in [7, 11) is 1.38. The van der Waals surface area contributed by atoms with E-state index >= 15 is 0 Å². The number of aryl methyl sites for hydroxylation is 1. The summed E-state index contributed by atoms with van der Waals surface area (Å²) >= 11 is 0. The van der Waals surface area contributed by atoms with Crippen LogP contribution in [0.4, 0.5) is 10.2 Å². The summed E-state index contributed by atoms with van der Waals surface area (Å²) in [6, 6.07) is 4.31. The van der Waals surface area contributed by atoms with Crippen molar-refractivity contribution in [1.29, 1.82) is 0 Å². The molecule has 0 unspecified atom stereocenters. The number of likely N-dealkylation sites (tertiary alicyclic amines) is 1. The number of aromatic nitrogens is 1. The summed E-state index contributed by atoms with van der Waals surface area (Å²) in [5.74, 6) is 0.438. The van der Waals surface area contributed by atoms with E-state index in [1.165, 1.54) is 18.7 Å². The largest absolute Gasteiger partial charge is 0.493 e. The number of halogens is 1. The van der Waals surface area contributed by atoms with Crippen LogP contribution in [0.15, 0.2) is 18.2 Å². The molecule has 0 amide bonds. The second kappa shape index (κ2) is 14.3. The average molecular weight is 572 g/mol. The van der Waals surface area contributed by atoms with E-state index in [-0.39, 0.29) is 23.9 Å². The Morgan fingerprint density at radius 1 is 1.20 bits per heavy atom. The second-order valence-corrected chi connectivity index (χ2v) is 11.7. The molecule has 3 heterocycles. The molecule has 2 aliphatic heterocycles. The van der Waals surface area contributed by atoms with E-state index in [9.17, 15) is 14.3 Å². The first kappa shape index (κ1) is 31.0. The Kier molecular flexibility index (Phi) is 10.8. The van der Waals surface area contributed by atoms with Gasteiger partial charge in [-0.1, -0.05) is 20.3 Å². The fraction of sp³-hybridized carbons (Fsp3) is 0.625. The van der Waals surface area contributed by atoms with E-state index in [0.717, 1.165) is 74.3 Å². The van der Waals surface area contributed by atoms with E-state index in [0.29, 0.717) is 25.3 Å². The van der Waals surface area contributed by atoms with Crippen LogP contribution in [-0.4, -0.2) is 66.5 Å². The van der Waals surface area contributed by atoms with Gasteiger partial charge in [-0.05, 0) is 76.0 Å². The number of benzene rings is 1. The van der Waals surface area contributed by atoms with E-state index in [4.69, 9.17) is 19.2 Å². The molecular weight excluding hydrogens is 525 g/mol. The van der Waals surface area contributed by atoms with Crippen molar-refractivity contribution in [2.24, 2.45) is 0 Å². The summed E-state index contributed by atoms with van der Waals surface area (Å²) < 4.78 is 32.3. The Bertz CT molecular complexity index is 1190. The quantitative estimate of drug-likeness (QED) is 0.262. The number of carboxylic acid groups (broad SMARTS) is 1. The maximum atomic E-state index is 14.8. The SMILES string of the molecule is COc1c(F)cc(C(C)C)cc1[C@@H](C(=O)O)N1CC[C@@H](OCCCCCc2cc(OC(C)C)c3c(n2)NCCC3)C1. The molecule has 0 bridgehead atoms. The summed E-state index contributed by atoms with van der Waals surface area (Å²) in [4.78, 5) is 19.1. The highest BCUT2D eigenvalue weighted by molar-refractivity contribution is 5.77. The minimum atomic E-state index is -1.02. The van der Waals surface area contributed by atoms with Crippen LogP contribution in [0.2, 0.25) is 0 Å². The molecule has 2 aromatic rings. The number of nitrogens with one attached hydrogen (secondary N) is 1. The number of ether oxygens (including phenoxy) is 3. The van der Waals surface area contributed by atoms with Gasteiger partial charge >= 0.3 is 5.97 Å². The summed E-state index contributed by atoms with van der Waals surface area (Å²) in [5, 5.41) is 13.6. The van der Waals surface area contributed by atoms with Gasteiger partial charge in [0.25, 0.3) is 0 Å². The van der Waals surface area contributed by atoms with Crippen molar-refractivity contribution < 1.29 is 28.5 Å². The van der Waals surface area contributed by atoms with E-state index in [1.807, 2.05) is 18.7 Å².